The van der Waals surface area contributed by atoms with Gasteiger partial charge in [0.05, 0.1) is 10.6 Å². The van der Waals surface area contributed by atoms with Gasteiger partial charge in [0.25, 0.3) is 10.0 Å². The average Bonchev–Trinajstić information content (AvgIpc) is 3.57. The van der Waals surface area contributed by atoms with Crippen LogP contribution in [0.1, 0.15) is 47.9 Å². The summed E-state index contributed by atoms with van der Waals surface area (Å²) in [5, 5.41) is 3.54. The smallest absolute Gasteiger partial charge is 0.264 e. The van der Waals surface area contributed by atoms with E-state index in [9.17, 15) is 18.0 Å². The molecule has 5 rings (SSSR count). The lowest BCUT2D eigenvalue weighted by Crippen LogP contribution is -2.54. The summed E-state index contributed by atoms with van der Waals surface area (Å²) in [4.78, 5) is 30.3. The SMILES string of the molecule is Cc1ccc(S(=O)(=O)N(CC(=O)N(Cc2ccccc2)[C@@H](Cc2ccccc2)C(=O)NC2CCCC2)c2cc(Cl)ccc2C)cc1. The Hall–Kier alpha value is -4.14. The summed E-state index contributed by atoms with van der Waals surface area (Å²) in [7, 11) is -4.21. The highest BCUT2D eigenvalue weighted by Crippen LogP contribution is 2.30. The molecule has 46 heavy (non-hydrogen) atoms. The van der Waals surface area contributed by atoms with Gasteiger partial charge in [-0.15, -0.1) is 0 Å². The van der Waals surface area contributed by atoms with Crippen LogP contribution in [0.5, 0.6) is 0 Å². The van der Waals surface area contributed by atoms with Gasteiger partial charge >= 0.3 is 0 Å². The van der Waals surface area contributed by atoms with E-state index >= 15 is 0 Å². The zero-order valence-electron chi connectivity index (χ0n) is 26.2. The van der Waals surface area contributed by atoms with Crippen LogP contribution >= 0.6 is 11.6 Å². The highest BCUT2D eigenvalue weighted by atomic mass is 35.5. The van der Waals surface area contributed by atoms with Crippen LogP contribution < -0.4 is 9.62 Å². The summed E-state index contributed by atoms with van der Waals surface area (Å²) in [6, 6.07) is 29.7. The van der Waals surface area contributed by atoms with E-state index in [4.69, 9.17) is 11.6 Å². The number of anilines is 1. The van der Waals surface area contributed by atoms with E-state index in [1.54, 1.807) is 37.3 Å². The van der Waals surface area contributed by atoms with Crippen LogP contribution in [0.3, 0.4) is 0 Å². The van der Waals surface area contributed by atoms with Crippen LogP contribution in [-0.4, -0.2) is 43.8 Å². The summed E-state index contributed by atoms with van der Waals surface area (Å²) in [6.07, 6.45) is 4.16. The minimum Gasteiger partial charge on any atom is -0.352 e. The van der Waals surface area contributed by atoms with Crippen LogP contribution in [0.4, 0.5) is 5.69 Å². The summed E-state index contributed by atoms with van der Waals surface area (Å²) >= 11 is 6.38. The lowest BCUT2D eigenvalue weighted by molar-refractivity contribution is -0.140. The van der Waals surface area contributed by atoms with Crippen LogP contribution in [-0.2, 0) is 32.6 Å². The van der Waals surface area contributed by atoms with Gasteiger partial charge in [0, 0.05) is 24.0 Å². The Morgan fingerprint density at radius 3 is 2.09 bits per heavy atom. The van der Waals surface area contributed by atoms with E-state index in [1.165, 1.54) is 17.0 Å². The van der Waals surface area contributed by atoms with E-state index in [0.29, 0.717) is 16.3 Å². The molecular weight excluding hydrogens is 618 g/mol. The van der Waals surface area contributed by atoms with Gasteiger partial charge < -0.3 is 10.2 Å². The van der Waals surface area contributed by atoms with Crippen molar-refractivity contribution in [1.82, 2.24) is 10.2 Å². The quantitative estimate of drug-likeness (QED) is 0.181. The van der Waals surface area contributed by atoms with Gasteiger partial charge in [0.1, 0.15) is 12.6 Å². The van der Waals surface area contributed by atoms with E-state index in [-0.39, 0.29) is 29.8 Å². The highest BCUT2D eigenvalue weighted by Gasteiger charge is 2.36. The molecule has 0 saturated heterocycles. The molecule has 240 valence electrons. The molecule has 1 N–H and O–H groups in total. The molecule has 4 aromatic rings. The van der Waals surface area contributed by atoms with Crippen molar-refractivity contribution in [3.05, 3.63) is 130 Å². The first-order chi connectivity index (χ1) is 22.1. The second kappa shape index (κ2) is 15.0. The molecule has 0 bridgehead atoms. The molecule has 7 nitrogen and oxygen atoms in total. The van der Waals surface area contributed by atoms with Gasteiger partial charge in [-0.1, -0.05) is 109 Å². The fourth-order valence-electron chi connectivity index (χ4n) is 5.90. The Bertz CT molecular complexity index is 1740. The van der Waals surface area contributed by atoms with Gasteiger partial charge in [-0.25, -0.2) is 8.42 Å². The fourth-order valence-corrected chi connectivity index (χ4v) is 7.54. The van der Waals surface area contributed by atoms with Crippen LogP contribution in [0, 0.1) is 13.8 Å². The molecule has 4 aromatic carbocycles. The Morgan fingerprint density at radius 2 is 1.46 bits per heavy atom. The lowest BCUT2D eigenvalue weighted by Gasteiger charge is -2.34. The van der Waals surface area contributed by atoms with Crippen LogP contribution in [0.15, 0.2) is 108 Å². The van der Waals surface area contributed by atoms with Crippen molar-refractivity contribution in [1.29, 1.82) is 0 Å². The van der Waals surface area contributed by atoms with Gasteiger partial charge in [0.15, 0.2) is 0 Å². The molecule has 1 aliphatic rings. The number of rotatable bonds is 12. The molecule has 0 spiro atoms. The number of hydrogen-bond acceptors (Lipinski definition) is 4. The minimum absolute atomic E-state index is 0.0481. The van der Waals surface area contributed by atoms with E-state index < -0.39 is 28.5 Å². The monoisotopic (exact) mass is 657 g/mol. The first-order valence-electron chi connectivity index (χ1n) is 15.6. The lowest BCUT2D eigenvalue weighted by atomic mass is 10.0. The van der Waals surface area contributed by atoms with Crippen molar-refractivity contribution in [3.63, 3.8) is 0 Å². The number of halogens is 1. The topological polar surface area (TPSA) is 86.8 Å². The molecule has 0 unspecified atom stereocenters. The zero-order valence-corrected chi connectivity index (χ0v) is 27.8. The largest absolute Gasteiger partial charge is 0.352 e. The predicted molar refractivity (Wildman–Crippen MR) is 183 cm³/mol. The first kappa shape index (κ1) is 33.2. The van der Waals surface area contributed by atoms with E-state index in [1.807, 2.05) is 67.6 Å². The van der Waals surface area contributed by atoms with Crippen molar-refractivity contribution in [2.45, 2.75) is 69.5 Å². The number of hydrogen-bond donors (Lipinski definition) is 1. The molecule has 1 saturated carbocycles. The summed E-state index contributed by atoms with van der Waals surface area (Å²) < 4.78 is 29.7. The summed E-state index contributed by atoms with van der Waals surface area (Å²) in [6.45, 7) is 3.26. The molecule has 0 aromatic heterocycles. The Kier molecular flexibility index (Phi) is 10.8. The van der Waals surface area contributed by atoms with E-state index in [0.717, 1.165) is 46.7 Å². The number of nitrogens with zero attached hydrogens (tertiary/aromatic N) is 2. The maximum absolute atomic E-state index is 14.6. The Labute approximate surface area is 277 Å². The number of sulfonamides is 1. The maximum atomic E-state index is 14.6. The van der Waals surface area contributed by atoms with Crippen LogP contribution in [0.2, 0.25) is 5.02 Å². The van der Waals surface area contributed by atoms with E-state index in [2.05, 4.69) is 5.32 Å². The number of nitrogens with one attached hydrogen (secondary N) is 1. The first-order valence-corrected chi connectivity index (χ1v) is 17.5. The standard InChI is InChI=1S/C37H40ClN3O4S/c1-27-17-21-33(22-18-27)46(44,45)41(34-24-31(38)20-19-28(34)2)26-36(42)40(25-30-13-7-4-8-14-30)35(23-29-11-5-3-6-12-29)37(43)39-32-15-9-10-16-32/h3-8,11-14,17-22,24,32,35H,9-10,15-16,23,25-26H2,1-2H3,(H,39,43)/t35-/m0/s1. The average molecular weight is 658 g/mol. The van der Waals surface area contributed by atoms with Gasteiger partial charge in [-0.3, -0.25) is 13.9 Å². The molecule has 9 heteroatoms. The molecule has 2 amide bonds. The predicted octanol–water partition coefficient (Wildman–Crippen LogP) is 6.85. The molecule has 1 fully saturated rings. The summed E-state index contributed by atoms with van der Waals surface area (Å²) in [5.41, 5.74) is 3.58. The van der Waals surface area contributed by atoms with Crippen LogP contribution in [0.25, 0.3) is 0 Å². The molecule has 1 atom stereocenters. The normalized spacial score (nSPS) is 14.1. The zero-order chi connectivity index (χ0) is 32.7. The van der Waals surface area contributed by atoms with Crippen molar-refractivity contribution >= 4 is 39.1 Å². The molecule has 0 heterocycles. The van der Waals surface area contributed by atoms with Crippen molar-refractivity contribution in [3.8, 4) is 0 Å². The Morgan fingerprint density at radius 1 is 0.848 bits per heavy atom. The number of aryl methyl sites for hydroxylation is 2. The molecule has 0 radical (unpaired) electrons. The third kappa shape index (κ3) is 8.17. The minimum atomic E-state index is -4.21. The maximum Gasteiger partial charge on any atom is 0.264 e. The Balaban J connectivity index is 1.58. The second-order valence-corrected chi connectivity index (χ2v) is 14.3. The number of benzene rings is 4. The van der Waals surface area contributed by atoms with Gasteiger partial charge in [-0.05, 0) is 67.6 Å². The van der Waals surface area contributed by atoms with Crippen molar-refractivity contribution in [2.75, 3.05) is 10.8 Å². The highest BCUT2D eigenvalue weighted by molar-refractivity contribution is 7.92. The third-order valence-corrected chi connectivity index (χ3v) is 10.5. The fraction of sp³-hybridized carbons (Fsp3) is 0.297. The summed E-state index contributed by atoms with van der Waals surface area (Å²) in [5.74, 6) is -0.742. The molecular formula is C37H40ClN3O4S. The second-order valence-electron chi connectivity index (χ2n) is 12.0. The van der Waals surface area contributed by atoms with Crippen molar-refractivity contribution in [2.24, 2.45) is 0 Å². The van der Waals surface area contributed by atoms with Gasteiger partial charge in [-0.2, -0.15) is 0 Å². The van der Waals surface area contributed by atoms with Crippen molar-refractivity contribution < 1.29 is 18.0 Å². The number of amides is 2. The number of carbonyl (C=O) groups excluding carboxylic acids is 2. The molecule has 0 aliphatic heterocycles. The van der Waals surface area contributed by atoms with Gasteiger partial charge in [0.2, 0.25) is 11.8 Å². The molecule has 1 aliphatic carbocycles. The third-order valence-electron chi connectivity index (χ3n) is 8.50. The number of carbonyl (C=O) groups is 2.